The number of halogens is 12. The Morgan fingerprint density at radius 3 is 1.08 bits per heavy atom. The Morgan fingerprint density at radius 2 is 0.820 bits per heavy atom. The van der Waals surface area contributed by atoms with Crippen LogP contribution in [0.5, 0.6) is 0 Å². The molecule has 0 spiro atoms. The first-order chi connectivity index (χ1) is 23.1. The maximum absolute atomic E-state index is 14.4. The zero-order valence-corrected chi connectivity index (χ0v) is 23.7. The third kappa shape index (κ3) is 5.96. The first-order valence-electron chi connectivity index (χ1n) is 13.1. The molecule has 0 N–H and O–H groups in total. The minimum atomic E-state index is -5.59. The molecule has 0 atom stereocenters. The number of oxazole rings is 2. The van der Waals surface area contributed by atoms with Crippen LogP contribution in [0, 0.1) is 45.3 Å². The number of nitrogens with zero attached hydrogens (tertiary/aromatic N) is 6. The molecule has 0 radical (unpaired) electrons. The largest absolute Gasteiger partial charge is 0.437 e. The van der Waals surface area contributed by atoms with Crippen molar-refractivity contribution in [2.45, 2.75) is 36.5 Å². The van der Waals surface area contributed by atoms with Crippen LogP contribution >= 0.6 is 0 Å². The Morgan fingerprint density at radius 1 is 0.500 bits per heavy atom. The molecule has 0 saturated carbocycles. The molecule has 0 aliphatic heterocycles. The van der Waals surface area contributed by atoms with Crippen LogP contribution in [0.25, 0.3) is 44.5 Å². The van der Waals surface area contributed by atoms with Gasteiger partial charge in [0.1, 0.15) is 11.0 Å². The summed E-state index contributed by atoms with van der Waals surface area (Å²) in [7, 11) is 0. The normalized spacial score (nSPS) is 12.7. The topological polar surface area (TPSA) is 147 Å². The van der Waals surface area contributed by atoms with Crippen LogP contribution in [0.15, 0.2) is 45.2 Å². The van der Waals surface area contributed by atoms with Crippen molar-refractivity contribution >= 4 is 22.2 Å². The van der Waals surface area contributed by atoms with Gasteiger partial charge in [-0.1, -0.05) is 12.1 Å². The van der Waals surface area contributed by atoms with E-state index in [9.17, 15) is 73.7 Å². The summed E-state index contributed by atoms with van der Waals surface area (Å²) < 4.78 is 178. The summed E-state index contributed by atoms with van der Waals surface area (Å²) in [6.45, 7) is 0. The highest BCUT2D eigenvalue weighted by Gasteiger charge is 2.43. The summed E-state index contributed by atoms with van der Waals surface area (Å²) in [5.41, 5.74) is -15.9. The highest BCUT2D eigenvalue weighted by atomic mass is 19.4. The molecule has 0 aliphatic carbocycles. The van der Waals surface area contributed by atoms with Crippen LogP contribution in [-0.2, 0) is 24.7 Å². The van der Waals surface area contributed by atoms with Gasteiger partial charge in [-0.15, -0.1) is 0 Å². The Hall–Kier alpha value is -6.28. The molecule has 0 aliphatic rings. The van der Waals surface area contributed by atoms with Crippen molar-refractivity contribution in [1.82, 2.24) is 9.97 Å². The van der Waals surface area contributed by atoms with Crippen LogP contribution in [0.1, 0.15) is 45.9 Å². The van der Waals surface area contributed by atoms with Crippen molar-refractivity contribution in [3.63, 3.8) is 0 Å². The molecule has 0 amide bonds. The first-order valence-corrected chi connectivity index (χ1v) is 13.1. The molecule has 0 fully saturated rings. The highest BCUT2D eigenvalue weighted by Crippen LogP contribution is 2.51. The van der Waals surface area contributed by atoms with E-state index in [1.165, 1.54) is 24.3 Å². The Bertz CT molecular complexity index is 2110. The standard InChI is InChI=1S/C30H8F12N6O2/c31-27(32,33)13-1-3-15(17(5-13)29(37,38)39)19-21-24(50-25(47-21)11(7-43)8-44)20(22-23(19)49-26(48-22)12(9-45)10-46)16-4-2-14(28(34,35)36)6-18(16)30(40,41)42/h1-6,11-12H. The molecule has 2 aromatic heterocycles. The van der Waals surface area contributed by atoms with Crippen molar-refractivity contribution in [3.05, 3.63) is 70.4 Å². The Balaban J connectivity index is 2.09. The number of fused-ring (bicyclic) bond motifs is 2. The molecular weight excluding hydrogens is 704 g/mol. The minimum Gasteiger partial charge on any atom is -0.437 e. The molecule has 2 heterocycles. The number of rotatable bonds is 4. The number of benzene rings is 3. The number of aromatic nitrogens is 2. The van der Waals surface area contributed by atoms with Crippen LogP contribution in [0.4, 0.5) is 52.7 Å². The van der Waals surface area contributed by atoms with E-state index >= 15 is 0 Å². The monoisotopic (exact) mass is 712 g/mol. The molecule has 5 rings (SSSR count). The summed E-state index contributed by atoms with van der Waals surface area (Å²) in [5, 5.41) is 37.7. The van der Waals surface area contributed by atoms with Gasteiger partial charge in [-0.3, -0.25) is 0 Å². The summed E-state index contributed by atoms with van der Waals surface area (Å²) in [6, 6.07) is 6.00. The predicted octanol–water partition coefficient (Wildman–Crippen LogP) is 9.64. The molecule has 254 valence electrons. The highest BCUT2D eigenvalue weighted by molar-refractivity contribution is 6.16. The van der Waals surface area contributed by atoms with Crippen molar-refractivity contribution in [3.8, 4) is 46.5 Å². The fourth-order valence-corrected chi connectivity index (χ4v) is 4.94. The van der Waals surface area contributed by atoms with Gasteiger partial charge in [0, 0.05) is 11.1 Å². The van der Waals surface area contributed by atoms with Crippen LogP contribution in [0.2, 0.25) is 0 Å². The molecule has 20 heteroatoms. The van der Waals surface area contributed by atoms with Crippen molar-refractivity contribution < 1.29 is 61.5 Å². The van der Waals surface area contributed by atoms with Gasteiger partial charge in [-0.2, -0.15) is 73.7 Å². The molecule has 50 heavy (non-hydrogen) atoms. The van der Waals surface area contributed by atoms with Crippen LogP contribution in [-0.4, -0.2) is 9.97 Å². The maximum Gasteiger partial charge on any atom is 0.417 e. The molecule has 3 aromatic carbocycles. The van der Waals surface area contributed by atoms with Gasteiger partial charge < -0.3 is 8.83 Å². The van der Waals surface area contributed by atoms with Crippen molar-refractivity contribution in [2.75, 3.05) is 0 Å². The van der Waals surface area contributed by atoms with Gasteiger partial charge in [0.15, 0.2) is 11.2 Å². The molecule has 5 aromatic rings. The summed E-state index contributed by atoms with van der Waals surface area (Å²) in [5.74, 6) is -5.89. The number of nitriles is 4. The van der Waals surface area contributed by atoms with Gasteiger partial charge in [-0.05, 0) is 24.3 Å². The van der Waals surface area contributed by atoms with Crippen molar-refractivity contribution in [1.29, 1.82) is 21.0 Å². The van der Waals surface area contributed by atoms with Crippen LogP contribution < -0.4 is 0 Å². The molecule has 0 unspecified atom stereocenters. The average Bonchev–Trinajstić information content (AvgIpc) is 3.64. The van der Waals surface area contributed by atoms with Gasteiger partial charge in [0.2, 0.25) is 23.6 Å². The fraction of sp³-hybridized carbons (Fsp3) is 0.200. The lowest BCUT2D eigenvalue weighted by atomic mass is 9.90. The third-order valence-corrected chi connectivity index (χ3v) is 7.07. The second-order valence-electron chi connectivity index (χ2n) is 10.1. The van der Waals surface area contributed by atoms with Gasteiger partial charge in [0.25, 0.3) is 0 Å². The molecule has 8 nitrogen and oxygen atoms in total. The van der Waals surface area contributed by atoms with E-state index in [4.69, 9.17) is 8.83 Å². The Kier molecular flexibility index (Phi) is 8.20. The lowest BCUT2D eigenvalue weighted by molar-refractivity contribution is -0.144. The molecular formula is C30H8F12N6O2. The average molecular weight is 712 g/mol. The Labute approximate surface area is 268 Å². The number of hydrogen-bond acceptors (Lipinski definition) is 8. The van der Waals surface area contributed by atoms with E-state index in [-0.39, 0.29) is 24.3 Å². The predicted molar refractivity (Wildman–Crippen MR) is 140 cm³/mol. The van der Waals surface area contributed by atoms with E-state index in [1.807, 2.05) is 0 Å². The lowest BCUT2D eigenvalue weighted by Gasteiger charge is -2.18. The van der Waals surface area contributed by atoms with E-state index in [0.717, 1.165) is 0 Å². The van der Waals surface area contributed by atoms with Gasteiger partial charge in [-0.25, -0.2) is 9.97 Å². The van der Waals surface area contributed by atoms with E-state index in [0.29, 0.717) is 12.1 Å². The SMILES string of the molecule is N#CC(C#N)c1nc2c(-c3ccc(C(F)(F)F)cc3C(F)(F)F)c3oc(C(C#N)C#N)nc3c(-c3ccc(C(F)(F)F)cc3C(F)(F)F)c2o1. The summed E-state index contributed by atoms with van der Waals surface area (Å²) in [6.07, 6.45) is -21.8. The van der Waals surface area contributed by atoms with Gasteiger partial charge >= 0.3 is 24.7 Å². The zero-order valence-electron chi connectivity index (χ0n) is 23.7. The minimum absolute atomic E-state index is 0.201. The third-order valence-electron chi connectivity index (χ3n) is 7.07. The maximum atomic E-state index is 14.4. The smallest absolute Gasteiger partial charge is 0.417 e. The number of hydrogen-bond donors (Lipinski definition) is 0. The van der Waals surface area contributed by atoms with E-state index in [1.54, 1.807) is 0 Å². The van der Waals surface area contributed by atoms with Crippen LogP contribution in [0.3, 0.4) is 0 Å². The summed E-state index contributed by atoms with van der Waals surface area (Å²) >= 11 is 0. The first kappa shape index (κ1) is 35.0. The zero-order chi connectivity index (χ0) is 37.1. The molecule has 0 bridgehead atoms. The quantitative estimate of drug-likeness (QED) is 0.167. The second-order valence-corrected chi connectivity index (χ2v) is 10.1. The second kappa shape index (κ2) is 11.7. The van der Waals surface area contributed by atoms with Gasteiger partial charge in [0.05, 0.1) is 57.7 Å². The fourth-order valence-electron chi connectivity index (χ4n) is 4.94. The van der Waals surface area contributed by atoms with E-state index < -0.39 is 115 Å². The molecule has 0 saturated heterocycles. The lowest BCUT2D eigenvalue weighted by Crippen LogP contribution is -2.13. The van der Waals surface area contributed by atoms with Crippen molar-refractivity contribution in [2.24, 2.45) is 0 Å². The van der Waals surface area contributed by atoms with E-state index in [2.05, 4.69) is 9.97 Å². The summed E-state index contributed by atoms with van der Waals surface area (Å²) in [4.78, 5) is 7.65. The number of alkyl halides is 12.